The normalized spacial score (nSPS) is 13.0. The number of rotatable bonds is 8. The molecule has 0 bridgehead atoms. The van der Waals surface area contributed by atoms with Crippen LogP contribution in [0.1, 0.15) is 52.2 Å². The number of aryl methyl sites for hydroxylation is 1. The molecule has 0 aliphatic heterocycles. The van der Waals surface area contributed by atoms with Gasteiger partial charge in [-0.05, 0) is 35.6 Å². The number of hydrogen-bond donors (Lipinski definition) is 3. The van der Waals surface area contributed by atoms with Crippen LogP contribution in [0.3, 0.4) is 0 Å². The van der Waals surface area contributed by atoms with Crippen LogP contribution in [0.2, 0.25) is 0 Å². The number of aliphatic carboxylic acids is 1. The molecule has 1 aliphatic rings. The summed E-state index contributed by atoms with van der Waals surface area (Å²) in [5.74, 6) is -1.69. The van der Waals surface area contributed by atoms with Crippen molar-refractivity contribution in [1.29, 1.82) is 0 Å². The van der Waals surface area contributed by atoms with Crippen molar-refractivity contribution in [2.24, 2.45) is 0 Å². The summed E-state index contributed by atoms with van der Waals surface area (Å²) in [4.78, 5) is 40.8. The summed E-state index contributed by atoms with van der Waals surface area (Å²) in [6.45, 7) is 3.63. The molecule has 0 saturated heterocycles. The van der Waals surface area contributed by atoms with Gasteiger partial charge in [0.15, 0.2) is 5.13 Å². The maximum Gasteiger partial charge on any atom is 0.413 e. The first-order valence-electron chi connectivity index (χ1n) is 11.0. The van der Waals surface area contributed by atoms with Gasteiger partial charge in [-0.3, -0.25) is 10.1 Å². The molecule has 2 aromatic carbocycles. The van der Waals surface area contributed by atoms with Crippen molar-refractivity contribution >= 4 is 34.4 Å². The Hall–Kier alpha value is -3.72. The number of carbonyl (C=O) groups is 3. The molecule has 0 fully saturated rings. The van der Waals surface area contributed by atoms with Gasteiger partial charge in [0.1, 0.15) is 17.5 Å². The highest BCUT2D eigenvalue weighted by Gasteiger charge is 2.29. The van der Waals surface area contributed by atoms with Crippen LogP contribution >= 0.6 is 11.3 Å². The van der Waals surface area contributed by atoms with E-state index in [0.717, 1.165) is 33.6 Å². The van der Waals surface area contributed by atoms with Crippen molar-refractivity contribution in [1.82, 2.24) is 10.3 Å². The van der Waals surface area contributed by atoms with Gasteiger partial charge in [-0.2, -0.15) is 0 Å². The van der Waals surface area contributed by atoms with Crippen LogP contribution < -0.4 is 10.6 Å². The zero-order valence-corrected chi connectivity index (χ0v) is 19.6. The number of ether oxygens (including phenoxy) is 1. The number of aromatic nitrogens is 1. The Morgan fingerprint density at radius 3 is 2.29 bits per heavy atom. The van der Waals surface area contributed by atoms with Gasteiger partial charge in [0, 0.05) is 5.92 Å². The predicted molar refractivity (Wildman–Crippen MR) is 129 cm³/mol. The number of carbonyl (C=O) groups excluding carboxylic acids is 2. The molecule has 1 atom stereocenters. The third-order valence-electron chi connectivity index (χ3n) is 5.74. The van der Waals surface area contributed by atoms with Crippen molar-refractivity contribution < 1.29 is 24.2 Å². The lowest BCUT2D eigenvalue weighted by atomic mass is 9.98. The number of carboxylic acids is 1. The molecule has 1 aliphatic carbocycles. The number of benzene rings is 2. The Morgan fingerprint density at radius 2 is 1.71 bits per heavy atom. The van der Waals surface area contributed by atoms with Crippen molar-refractivity contribution in [3.05, 3.63) is 70.2 Å². The molecule has 3 aromatic rings. The van der Waals surface area contributed by atoms with E-state index in [1.807, 2.05) is 43.3 Å². The van der Waals surface area contributed by atoms with E-state index in [9.17, 15) is 19.5 Å². The van der Waals surface area contributed by atoms with Crippen LogP contribution in [0.4, 0.5) is 9.93 Å². The molecule has 0 saturated carbocycles. The third kappa shape index (κ3) is 4.79. The number of amides is 2. The maximum absolute atomic E-state index is 12.5. The first-order chi connectivity index (χ1) is 16.4. The highest BCUT2D eigenvalue weighted by atomic mass is 32.1. The predicted octanol–water partition coefficient (Wildman–Crippen LogP) is 4.80. The summed E-state index contributed by atoms with van der Waals surface area (Å²) in [5.41, 5.74) is 4.90. The Labute approximate surface area is 201 Å². The van der Waals surface area contributed by atoms with Gasteiger partial charge in [0.25, 0.3) is 5.91 Å². The molecule has 4 rings (SSSR count). The van der Waals surface area contributed by atoms with E-state index in [2.05, 4.69) is 27.8 Å². The number of carboxylic acid groups (broad SMARTS) is 1. The summed E-state index contributed by atoms with van der Waals surface area (Å²) in [6, 6.07) is 15.2. The molecule has 34 heavy (non-hydrogen) atoms. The Morgan fingerprint density at radius 1 is 1.09 bits per heavy atom. The summed E-state index contributed by atoms with van der Waals surface area (Å²) in [5, 5.41) is 14.6. The second kappa shape index (κ2) is 10.0. The molecule has 9 heteroatoms. The lowest BCUT2D eigenvalue weighted by Gasteiger charge is -2.14. The average molecular weight is 480 g/mol. The smallest absolute Gasteiger partial charge is 0.413 e. The van der Waals surface area contributed by atoms with Crippen LogP contribution in [0, 0.1) is 6.92 Å². The van der Waals surface area contributed by atoms with Gasteiger partial charge in [-0.15, -0.1) is 0 Å². The van der Waals surface area contributed by atoms with Crippen molar-refractivity contribution in [2.45, 2.75) is 38.6 Å². The summed E-state index contributed by atoms with van der Waals surface area (Å²) in [7, 11) is 0. The minimum Gasteiger partial charge on any atom is -0.480 e. The second-order valence-corrected chi connectivity index (χ2v) is 9.04. The van der Waals surface area contributed by atoms with Gasteiger partial charge in [0.05, 0.1) is 5.69 Å². The average Bonchev–Trinajstić information content (AvgIpc) is 3.34. The van der Waals surface area contributed by atoms with Crippen molar-refractivity contribution in [3.8, 4) is 11.1 Å². The number of nitrogens with one attached hydrogen (secondary N) is 2. The zero-order chi connectivity index (χ0) is 24.2. The molecule has 0 radical (unpaired) electrons. The van der Waals surface area contributed by atoms with E-state index in [-0.39, 0.29) is 22.5 Å². The van der Waals surface area contributed by atoms with E-state index < -0.39 is 24.0 Å². The molecular formula is C25H25N3O5S. The second-order valence-electron chi connectivity index (χ2n) is 8.04. The maximum atomic E-state index is 12.5. The molecule has 3 N–H and O–H groups in total. The van der Waals surface area contributed by atoms with Crippen LogP contribution in [0.5, 0.6) is 0 Å². The Kier molecular flexibility index (Phi) is 6.93. The van der Waals surface area contributed by atoms with Gasteiger partial charge in [0.2, 0.25) is 0 Å². The van der Waals surface area contributed by atoms with E-state index in [0.29, 0.717) is 18.5 Å². The first-order valence-corrected chi connectivity index (χ1v) is 11.8. The van der Waals surface area contributed by atoms with E-state index in [1.54, 1.807) is 6.92 Å². The fourth-order valence-electron chi connectivity index (χ4n) is 4.15. The van der Waals surface area contributed by atoms with Crippen molar-refractivity contribution in [2.75, 3.05) is 11.9 Å². The first kappa shape index (κ1) is 23.4. The van der Waals surface area contributed by atoms with Gasteiger partial charge < -0.3 is 15.2 Å². The molecule has 0 spiro atoms. The minimum absolute atomic E-state index is 0.0657. The van der Waals surface area contributed by atoms with Crippen LogP contribution in [-0.2, 0) is 9.53 Å². The number of fused-ring (bicyclic) bond motifs is 3. The Balaban J connectivity index is 1.40. The fourth-order valence-corrected chi connectivity index (χ4v) is 5.01. The summed E-state index contributed by atoms with van der Waals surface area (Å²) in [6.07, 6.45) is 0.272. The fraction of sp³-hybridized carbons (Fsp3) is 0.280. The van der Waals surface area contributed by atoms with Gasteiger partial charge in [-0.25, -0.2) is 14.6 Å². The molecule has 2 amide bonds. The highest BCUT2D eigenvalue weighted by Crippen LogP contribution is 2.44. The summed E-state index contributed by atoms with van der Waals surface area (Å²) >= 11 is 0.975. The molecule has 8 nitrogen and oxygen atoms in total. The number of nitrogens with zero attached hydrogens (tertiary/aromatic N) is 1. The standard InChI is InChI=1S/C25H25N3O5S/c1-3-8-20(23(30)31)27-22(29)21-14(2)26-24(34-21)28-25(32)33-13-19-17-11-6-4-9-15(17)16-10-5-7-12-18(16)19/h4-7,9-12,19-20H,3,8,13H2,1-2H3,(H,27,29)(H,30,31)(H,26,28,32)/t20-/m1/s1. The van der Waals surface area contributed by atoms with E-state index >= 15 is 0 Å². The quantitative estimate of drug-likeness (QED) is 0.427. The zero-order valence-electron chi connectivity index (χ0n) is 18.8. The summed E-state index contributed by atoms with van der Waals surface area (Å²) < 4.78 is 5.52. The lowest BCUT2D eigenvalue weighted by molar-refractivity contribution is -0.139. The molecular weight excluding hydrogens is 454 g/mol. The van der Waals surface area contributed by atoms with Crippen molar-refractivity contribution in [3.63, 3.8) is 0 Å². The number of thiazole rings is 1. The molecule has 1 aromatic heterocycles. The third-order valence-corrected chi connectivity index (χ3v) is 6.81. The minimum atomic E-state index is -1.09. The van der Waals surface area contributed by atoms with Gasteiger partial charge in [-0.1, -0.05) is 73.2 Å². The highest BCUT2D eigenvalue weighted by molar-refractivity contribution is 7.17. The SMILES string of the molecule is CCC[C@@H](NC(=O)c1sc(NC(=O)OCC2c3ccccc3-c3ccccc32)nc1C)C(=O)O. The van der Waals surface area contributed by atoms with Crippen LogP contribution in [-0.4, -0.2) is 40.7 Å². The van der Waals surface area contributed by atoms with Crippen LogP contribution in [0.25, 0.3) is 11.1 Å². The van der Waals surface area contributed by atoms with E-state index in [1.165, 1.54) is 0 Å². The van der Waals surface area contributed by atoms with E-state index in [4.69, 9.17) is 4.74 Å². The molecule has 0 unspecified atom stereocenters. The van der Waals surface area contributed by atoms with Crippen LogP contribution in [0.15, 0.2) is 48.5 Å². The Bertz CT molecular complexity index is 1190. The topological polar surface area (TPSA) is 118 Å². The lowest BCUT2D eigenvalue weighted by Crippen LogP contribution is -2.40. The monoisotopic (exact) mass is 479 g/mol. The van der Waals surface area contributed by atoms with Gasteiger partial charge >= 0.3 is 12.1 Å². The molecule has 176 valence electrons. The number of hydrogen-bond acceptors (Lipinski definition) is 6. The number of anilines is 1. The molecule has 1 heterocycles. The largest absolute Gasteiger partial charge is 0.480 e.